The van der Waals surface area contributed by atoms with Crippen molar-refractivity contribution in [2.45, 2.75) is 26.7 Å². The zero-order chi connectivity index (χ0) is 24.7. The molecule has 9 nitrogen and oxygen atoms in total. The fraction of sp³-hybridized carbons (Fsp3) is 0.360. The molecule has 1 aliphatic carbocycles. The number of pyridine rings is 2. The van der Waals surface area contributed by atoms with E-state index in [0.29, 0.717) is 53.3 Å². The number of nitrogens with two attached hydrogens (primary N) is 1. The molecular weight excluding hydrogens is 451 g/mol. The number of fused-ring (bicyclic) bond motifs is 2. The van der Waals surface area contributed by atoms with Crippen molar-refractivity contribution in [3.63, 3.8) is 0 Å². The normalized spacial score (nSPS) is 18.3. The van der Waals surface area contributed by atoms with Gasteiger partial charge in [-0.3, -0.25) is 9.59 Å². The summed E-state index contributed by atoms with van der Waals surface area (Å²) in [6, 6.07) is 3.40. The summed E-state index contributed by atoms with van der Waals surface area (Å²) >= 11 is 0. The number of nitrogens with zero attached hydrogens (tertiary/aromatic N) is 2. The fourth-order valence-corrected chi connectivity index (χ4v) is 4.59. The van der Waals surface area contributed by atoms with E-state index in [-0.39, 0.29) is 29.3 Å². The molecule has 3 aromatic rings. The van der Waals surface area contributed by atoms with E-state index in [9.17, 15) is 9.59 Å². The third-order valence-electron chi connectivity index (χ3n) is 6.64. The number of carbonyl (C=O) groups is 2. The maximum atomic E-state index is 15.3. The van der Waals surface area contributed by atoms with Crippen molar-refractivity contribution in [3.8, 4) is 17.0 Å². The Labute approximate surface area is 201 Å². The molecule has 0 spiro atoms. The largest absolute Gasteiger partial charge is 0.474 e. The molecule has 0 radical (unpaired) electrons. The first-order valence-corrected chi connectivity index (χ1v) is 11.6. The number of benzene rings is 1. The molecule has 10 heteroatoms. The predicted octanol–water partition coefficient (Wildman–Crippen LogP) is 3.23. The average molecular weight is 479 g/mol. The van der Waals surface area contributed by atoms with Gasteiger partial charge in [0.15, 0.2) is 5.82 Å². The molecule has 0 unspecified atom stereocenters. The molecule has 2 aliphatic rings. The standard InChI is InChI=1S/C25H27FN6O3/c1-12-18(10-31-25-23(12)29-5-6-35-25)17-8-15-9-20(30-11-19(15)22(27)21(17)26)32-24(34)16-7-14(16)3-4-28-13(2)33/h8-11,14,16,29H,3-7,27H2,1-2H3,(H,28,33)(H,30,32,34)/t14-,16+/m1/s1. The number of aromatic nitrogens is 2. The van der Waals surface area contributed by atoms with Crippen LogP contribution in [0, 0.1) is 24.6 Å². The van der Waals surface area contributed by atoms with Gasteiger partial charge in [0.1, 0.15) is 18.1 Å². The van der Waals surface area contributed by atoms with Crippen LogP contribution in [-0.4, -0.2) is 41.5 Å². The van der Waals surface area contributed by atoms with Gasteiger partial charge in [0.2, 0.25) is 17.7 Å². The van der Waals surface area contributed by atoms with Crippen LogP contribution in [0.1, 0.15) is 25.3 Å². The van der Waals surface area contributed by atoms with Crippen molar-refractivity contribution < 1.29 is 18.7 Å². The van der Waals surface area contributed by atoms with Crippen LogP contribution in [0.25, 0.3) is 21.9 Å². The third-order valence-corrected chi connectivity index (χ3v) is 6.64. The second-order valence-corrected chi connectivity index (χ2v) is 9.06. The summed E-state index contributed by atoms with van der Waals surface area (Å²) in [6.45, 7) is 5.08. The number of hydrogen-bond acceptors (Lipinski definition) is 7. The Hall–Kier alpha value is -3.95. The van der Waals surface area contributed by atoms with Gasteiger partial charge >= 0.3 is 0 Å². The summed E-state index contributed by atoms with van der Waals surface area (Å²) < 4.78 is 20.9. The minimum Gasteiger partial charge on any atom is -0.474 e. The van der Waals surface area contributed by atoms with Gasteiger partial charge in [-0.1, -0.05) is 0 Å². The molecule has 182 valence electrons. The lowest BCUT2D eigenvalue weighted by atomic mass is 9.97. The van der Waals surface area contributed by atoms with Gasteiger partial charge in [0.05, 0.1) is 5.69 Å². The molecule has 1 aliphatic heterocycles. The highest BCUT2D eigenvalue weighted by atomic mass is 19.1. The maximum absolute atomic E-state index is 15.3. The number of rotatable bonds is 6. The number of amides is 2. The molecule has 1 saturated carbocycles. The second-order valence-electron chi connectivity index (χ2n) is 9.06. The number of anilines is 3. The lowest BCUT2D eigenvalue weighted by Crippen LogP contribution is -2.22. The SMILES string of the molecule is CC(=O)NCC[C@@H]1C[C@@H]1C(=O)Nc1cc2cc(-c3cnc4c(c3C)NCCO4)c(F)c(N)c2cn1. The summed E-state index contributed by atoms with van der Waals surface area (Å²) in [5, 5.41) is 10.00. The maximum Gasteiger partial charge on any atom is 0.237 e. The van der Waals surface area contributed by atoms with E-state index >= 15 is 4.39 Å². The first-order chi connectivity index (χ1) is 16.8. The zero-order valence-electron chi connectivity index (χ0n) is 19.6. The van der Waals surface area contributed by atoms with Crippen molar-refractivity contribution in [1.82, 2.24) is 15.3 Å². The van der Waals surface area contributed by atoms with E-state index in [1.807, 2.05) is 6.92 Å². The Kier molecular flexibility index (Phi) is 5.88. The van der Waals surface area contributed by atoms with E-state index < -0.39 is 5.82 Å². The molecular formula is C25H27FN6O3. The number of hydrogen-bond donors (Lipinski definition) is 4. The molecule has 35 heavy (non-hydrogen) atoms. The third kappa shape index (κ3) is 4.43. The quantitative estimate of drug-likeness (QED) is 0.400. The average Bonchev–Trinajstić information content (AvgIpc) is 3.61. The van der Waals surface area contributed by atoms with Gasteiger partial charge in [-0.2, -0.15) is 0 Å². The summed E-state index contributed by atoms with van der Waals surface area (Å²) in [6.07, 6.45) is 4.60. The molecule has 2 aromatic heterocycles. The fourth-order valence-electron chi connectivity index (χ4n) is 4.59. The molecule has 3 heterocycles. The first-order valence-electron chi connectivity index (χ1n) is 11.6. The van der Waals surface area contributed by atoms with E-state index in [1.165, 1.54) is 13.1 Å². The van der Waals surface area contributed by atoms with Crippen LogP contribution in [0.2, 0.25) is 0 Å². The number of nitrogens with one attached hydrogen (secondary N) is 3. The van der Waals surface area contributed by atoms with E-state index in [2.05, 4.69) is 25.9 Å². The summed E-state index contributed by atoms with van der Waals surface area (Å²) in [5.74, 6) is 0.287. The van der Waals surface area contributed by atoms with Crippen molar-refractivity contribution in [1.29, 1.82) is 0 Å². The van der Waals surface area contributed by atoms with Gasteiger partial charge in [-0.25, -0.2) is 14.4 Å². The highest BCUT2D eigenvalue weighted by Gasteiger charge is 2.42. The predicted molar refractivity (Wildman–Crippen MR) is 132 cm³/mol. The minimum atomic E-state index is -0.544. The van der Waals surface area contributed by atoms with E-state index in [1.54, 1.807) is 18.3 Å². The lowest BCUT2D eigenvalue weighted by Gasteiger charge is -2.22. The number of carbonyl (C=O) groups excluding carboxylic acids is 2. The highest BCUT2D eigenvalue weighted by molar-refractivity contribution is 6.00. The molecule has 5 rings (SSSR count). The highest BCUT2D eigenvalue weighted by Crippen LogP contribution is 2.42. The monoisotopic (exact) mass is 478 g/mol. The number of ether oxygens (including phenoxy) is 1. The molecule has 1 fully saturated rings. The van der Waals surface area contributed by atoms with Gasteiger partial charge in [0.25, 0.3) is 0 Å². The second kappa shape index (κ2) is 9.01. The minimum absolute atomic E-state index is 0.00978. The van der Waals surface area contributed by atoms with Crippen molar-refractivity contribution >= 4 is 39.8 Å². The Morgan fingerprint density at radius 3 is 2.89 bits per heavy atom. The molecule has 1 aromatic carbocycles. The molecule has 5 N–H and O–H groups in total. The van der Waals surface area contributed by atoms with Crippen LogP contribution >= 0.6 is 0 Å². The molecule has 0 saturated heterocycles. The van der Waals surface area contributed by atoms with Crippen LogP contribution < -0.4 is 26.4 Å². The zero-order valence-corrected chi connectivity index (χ0v) is 19.6. The molecule has 0 bridgehead atoms. The first kappa shape index (κ1) is 22.8. The van der Waals surface area contributed by atoms with Gasteiger partial charge in [-0.15, -0.1) is 0 Å². The molecule has 2 atom stereocenters. The topological polar surface area (TPSA) is 131 Å². The van der Waals surface area contributed by atoms with Crippen LogP contribution in [0.3, 0.4) is 0 Å². The van der Waals surface area contributed by atoms with Crippen LogP contribution in [-0.2, 0) is 9.59 Å². The lowest BCUT2D eigenvalue weighted by molar-refractivity contribution is -0.119. The Morgan fingerprint density at radius 1 is 1.26 bits per heavy atom. The summed E-state index contributed by atoms with van der Waals surface area (Å²) in [4.78, 5) is 32.3. The van der Waals surface area contributed by atoms with Gasteiger partial charge in [0, 0.05) is 54.8 Å². The number of halogens is 1. The van der Waals surface area contributed by atoms with Crippen LogP contribution in [0.5, 0.6) is 5.88 Å². The van der Waals surface area contributed by atoms with Crippen molar-refractivity contribution in [3.05, 3.63) is 35.9 Å². The summed E-state index contributed by atoms with van der Waals surface area (Å²) in [5.41, 5.74) is 8.62. The Balaban J connectivity index is 1.40. The van der Waals surface area contributed by atoms with E-state index in [4.69, 9.17) is 10.5 Å². The van der Waals surface area contributed by atoms with Gasteiger partial charge < -0.3 is 26.4 Å². The van der Waals surface area contributed by atoms with Crippen molar-refractivity contribution in [2.24, 2.45) is 11.8 Å². The van der Waals surface area contributed by atoms with Crippen LogP contribution in [0.15, 0.2) is 24.5 Å². The van der Waals surface area contributed by atoms with E-state index in [0.717, 1.165) is 24.1 Å². The summed E-state index contributed by atoms with van der Waals surface area (Å²) in [7, 11) is 0. The van der Waals surface area contributed by atoms with Crippen molar-refractivity contribution in [2.75, 3.05) is 36.1 Å². The van der Waals surface area contributed by atoms with Gasteiger partial charge in [-0.05, 0) is 48.8 Å². The molecule has 2 amide bonds. The van der Waals surface area contributed by atoms with Crippen LogP contribution in [0.4, 0.5) is 21.6 Å². The Morgan fingerprint density at radius 2 is 2.09 bits per heavy atom. The Bertz CT molecular complexity index is 1340. The smallest absolute Gasteiger partial charge is 0.237 e. The number of nitrogen functional groups attached to an aromatic ring is 1.